The maximum Gasteiger partial charge on any atom is 0.325 e. The molecule has 2 aromatic carbocycles. The fraction of sp³-hybridized carbons (Fsp3) is 0.211. The first-order valence-corrected chi connectivity index (χ1v) is 11.5. The van der Waals surface area contributed by atoms with Crippen molar-refractivity contribution in [2.45, 2.75) is 4.34 Å². The number of hydrogen-bond donors (Lipinski definition) is 2. The minimum absolute atomic E-state index is 0.423. The fourth-order valence-electron chi connectivity index (χ4n) is 2.91. The third-order valence-electron chi connectivity index (χ3n) is 4.21. The fourth-order valence-corrected chi connectivity index (χ4v) is 5.56. The molecule has 0 aliphatic heterocycles. The van der Waals surface area contributed by atoms with Gasteiger partial charge in [-0.25, -0.2) is 14.8 Å². The van der Waals surface area contributed by atoms with Crippen LogP contribution in [0.15, 0.2) is 28.6 Å². The van der Waals surface area contributed by atoms with Crippen molar-refractivity contribution in [2.75, 3.05) is 38.2 Å². The number of nitrogens with zero attached hydrogens (tertiary/aromatic N) is 2. The number of hydrogen-bond acceptors (Lipinski definition) is 9. The SMILES string of the molecule is COc1cc(NC(=O)Nc2nc3ccc4nc(SC)sc4c3s2)cc(OC)c1OC. The number of carbonyl (C=O) groups excluding carboxylic acids is 1. The highest BCUT2D eigenvalue weighted by atomic mass is 32.2. The lowest BCUT2D eigenvalue weighted by molar-refractivity contribution is 0.262. The second-order valence-corrected chi connectivity index (χ2v) is 9.01. The molecule has 0 fully saturated rings. The normalized spacial score (nSPS) is 10.9. The van der Waals surface area contributed by atoms with Crippen LogP contribution in [0.4, 0.5) is 15.6 Å². The first-order valence-electron chi connectivity index (χ1n) is 8.68. The predicted molar refractivity (Wildman–Crippen MR) is 123 cm³/mol. The van der Waals surface area contributed by atoms with Gasteiger partial charge in [0.05, 0.1) is 47.5 Å². The number of nitrogens with one attached hydrogen (secondary N) is 2. The van der Waals surface area contributed by atoms with Crippen molar-refractivity contribution >= 4 is 71.7 Å². The molecule has 156 valence electrons. The number of benzene rings is 2. The molecule has 0 saturated heterocycles. The summed E-state index contributed by atoms with van der Waals surface area (Å²) >= 11 is 4.66. The zero-order valence-corrected chi connectivity index (χ0v) is 19.0. The Balaban J connectivity index is 1.57. The summed E-state index contributed by atoms with van der Waals surface area (Å²) in [4.78, 5) is 21.6. The summed E-state index contributed by atoms with van der Waals surface area (Å²) in [6.07, 6.45) is 2.00. The van der Waals surface area contributed by atoms with Crippen LogP contribution in [0.25, 0.3) is 20.4 Å². The van der Waals surface area contributed by atoms with Crippen molar-refractivity contribution in [1.82, 2.24) is 9.97 Å². The molecule has 0 atom stereocenters. The van der Waals surface area contributed by atoms with Gasteiger partial charge in [0.25, 0.3) is 0 Å². The van der Waals surface area contributed by atoms with Gasteiger partial charge in [0.1, 0.15) is 0 Å². The van der Waals surface area contributed by atoms with Crippen LogP contribution < -0.4 is 24.8 Å². The molecule has 2 heterocycles. The van der Waals surface area contributed by atoms with E-state index in [0.717, 1.165) is 24.8 Å². The Bertz CT molecular complexity index is 1210. The van der Waals surface area contributed by atoms with Crippen molar-refractivity contribution in [2.24, 2.45) is 0 Å². The van der Waals surface area contributed by atoms with Gasteiger partial charge in [-0.1, -0.05) is 23.1 Å². The van der Waals surface area contributed by atoms with Crippen LogP contribution in [0.5, 0.6) is 17.2 Å². The van der Waals surface area contributed by atoms with Crippen LogP contribution in [-0.4, -0.2) is 43.6 Å². The standard InChI is InChI=1S/C19H18N4O4S3/c1-25-12-7-9(8-13(26-2)14(12)27-3)20-17(24)23-18-21-10-5-6-11-16(15(10)29-18)30-19(22-11)28-4/h5-8H,1-4H3,(H2,20,21,23,24). The number of rotatable bonds is 6. The van der Waals surface area contributed by atoms with E-state index in [9.17, 15) is 4.79 Å². The molecule has 30 heavy (non-hydrogen) atoms. The van der Waals surface area contributed by atoms with Gasteiger partial charge in [0.15, 0.2) is 21.0 Å². The molecule has 8 nitrogen and oxygen atoms in total. The number of thioether (sulfide) groups is 1. The molecule has 0 unspecified atom stereocenters. The van der Waals surface area contributed by atoms with Crippen molar-refractivity contribution in [3.8, 4) is 17.2 Å². The number of thiazole rings is 2. The first kappa shape index (κ1) is 20.5. The molecule has 2 amide bonds. The molecule has 0 saturated carbocycles. The van der Waals surface area contributed by atoms with E-state index in [1.54, 1.807) is 35.2 Å². The molecule has 0 radical (unpaired) electrons. The van der Waals surface area contributed by atoms with Crippen LogP contribution >= 0.6 is 34.4 Å². The van der Waals surface area contributed by atoms with E-state index in [0.29, 0.717) is 28.1 Å². The number of carbonyl (C=O) groups is 1. The van der Waals surface area contributed by atoms with Gasteiger partial charge in [-0.15, -0.1) is 11.3 Å². The zero-order chi connectivity index (χ0) is 21.3. The summed E-state index contributed by atoms with van der Waals surface area (Å²) in [5.41, 5.74) is 2.26. The molecule has 4 rings (SSSR count). The van der Waals surface area contributed by atoms with E-state index >= 15 is 0 Å². The molecule has 2 aromatic heterocycles. The molecule has 11 heteroatoms. The van der Waals surface area contributed by atoms with Crippen LogP contribution in [-0.2, 0) is 0 Å². The van der Waals surface area contributed by atoms with Crippen molar-refractivity contribution in [1.29, 1.82) is 0 Å². The number of anilines is 2. The van der Waals surface area contributed by atoms with E-state index in [4.69, 9.17) is 14.2 Å². The zero-order valence-electron chi connectivity index (χ0n) is 16.6. The third kappa shape index (κ3) is 3.83. The van der Waals surface area contributed by atoms with E-state index in [1.807, 2.05) is 18.4 Å². The van der Waals surface area contributed by atoms with Crippen LogP contribution in [0, 0.1) is 0 Å². The summed E-state index contributed by atoms with van der Waals surface area (Å²) in [5.74, 6) is 1.35. The minimum atomic E-state index is -0.423. The number of methoxy groups -OCH3 is 3. The molecule has 0 spiro atoms. The van der Waals surface area contributed by atoms with E-state index in [2.05, 4.69) is 20.6 Å². The Morgan fingerprint density at radius 3 is 2.17 bits per heavy atom. The summed E-state index contributed by atoms with van der Waals surface area (Å²) in [7, 11) is 4.56. The van der Waals surface area contributed by atoms with Gasteiger partial charge >= 0.3 is 6.03 Å². The highest BCUT2D eigenvalue weighted by Crippen LogP contribution is 2.40. The van der Waals surface area contributed by atoms with Crippen molar-refractivity contribution in [3.63, 3.8) is 0 Å². The summed E-state index contributed by atoms with van der Waals surface area (Å²) in [6.45, 7) is 0. The average molecular weight is 463 g/mol. The number of ether oxygens (including phenoxy) is 3. The number of fused-ring (bicyclic) bond motifs is 3. The Kier molecular flexibility index (Phi) is 5.84. The third-order valence-corrected chi connectivity index (χ3v) is 7.42. The molecular formula is C19H18N4O4S3. The van der Waals surface area contributed by atoms with Gasteiger partial charge in [-0.2, -0.15) is 0 Å². The quantitative estimate of drug-likeness (QED) is 0.376. The topological polar surface area (TPSA) is 94.6 Å². The molecule has 4 aromatic rings. The first-order chi connectivity index (χ1) is 14.6. The van der Waals surface area contributed by atoms with E-state index in [-0.39, 0.29) is 0 Å². The van der Waals surface area contributed by atoms with E-state index < -0.39 is 6.03 Å². The monoisotopic (exact) mass is 462 g/mol. The maximum absolute atomic E-state index is 12.5. The Hall–Kier alpha value is -2.76. The second kappa shape index (κ2) is 8.54. The average Bonchev–Trinajstić information content (AvgIpc) is 3.35. The van der Waals surface area contributed by atoms with Gasteiger partial charge in [-0.05, 0) is 18.4 Å². The van der Waals surface area contributed by atoms with Gasteiger partial charge in [0.2, 0.25) is 5.75 Å². The Morgan fingerprint density at radius 2 is 1.57 bits per heavy atom. The lowest BCUT2D eigenvalue weighted by Gasteiger charge is -2.14. The maximum atomic E-state index is 12.5. The summed E-state index contributed by atoms with van der Waals surface area (Å²) < 4.78 is 19.0. The Labute approximate surface area is 184 Å². The molecule has 0 aliphatic rings. The lowest BCUT2D eigenvalue weighted by Crippen LogP contribution is -2.19. The van der Waals surface area contributed by atoms with Gasteiger partial charge in [-0.3, -0.25) is 5.32 Å². The Morgan fingerprint density at radius 1 is 0.933 bits per heavy atom. The minimum Gasteiger partial charge on any atom is -0.493 e. The molecule has 2 N–H and O–H groups in total. The van der Waals surface area contributed by atoms with Crippen LogP contribution in [0.3, 0.4) is 0 Å². The van der Waals surface area contributed by atoms with Crippen LogP contribution in [0.2, 0.25) is 0 Å². The smallest absolute Gasteiger partial charge is 0.325 e. The molecular weight excluding hydrogens is 444 g/mol. The van der Waals surface area contributed by atoms with Crippen molar-refractivity contribution in [3.05, 3.63) is 24.3 Å². The second-order valence-electron chi connectivity index (χ2n) is 5.96. The number of aromatic nitrogens is 2. The lowest BCUT2D eigenvalue weighted by atomic mass is 10.2. The molecule has 0 bridgehead atoms. The predicted octanol–water partition coefficient (Wildman–Crippen LogP) is 5.30. The van der Waals surface area contributed by atoms with Crippen LogP contribution in [0.1, 0.15) is 0 Å². The number of urea groups is 1. The summed E-state index contributed by atoms with van der Waals surface area (Å²) in [5, 5.41) is 6.07. The number of amides is 2. The van der Waals surface area contributed by atoms with Gasteiger partial charge < -0.3 is 19.5 Å². The summed E-state index contributed by atoms with van der Waals surface area (Å²) in [6, 6.07) is 6.76. The molecule has 0 aliphatic carbocycles. The highest BCUT2D eigenvalue weighted by molar-refractivity contribution is 8.00. The highest BCUT2D eigenvalue weighted by Gasteiger charge is 2.16. The van der Waals surface area contributed by atoms with Crippen molar-refractivity contribution < 1.29 is 19.0 Å². The van der Waals surface area contributed by atoms with Gasteiger partial charge in [0, 0.05) is 12.1 Å². The van der Waals surface area contributed by atoms with E-state index in [1.165, 1.54) is 32.7 Å². The largest absolute Gasteiger partial charge is 0.493 e.